The first-order valence-corrected chi connectivity index (χ1v) is 14.0. The average molecular weight is 502 g/mol. The Morgan fingerprint density at radius 1 is 0.972 bits per heavy atom. The molecule has 2 aliphatic rings. The molecular weight excluding hydrogens is 474 g/mol. The molecule has 8 nitrogen and oxygen atoms in total. The van der Waals surface area contributed by atoms with Crippen molar-refractivity contribution in [3.63, 3.8) is 0 Å². The highest BCUT2D eigenvalue weighted by atomic mass is 32.2. The number of aromatic amines is 1. The van der Waals surface area contributed by atoms with E-state index in [0.717, 1.165) is 41.3 Å². The van der Waals surface area contributed by atoms with Crippen LogP contribution in [0.15, 0.2) is 61.1 Å². The monoisotopic (exact) mass is 501 g/mol. The molecule has 36 heavy (non-hydrogen) atoms. The molecule has 2 fully saturated rings. The van der Waals surface area contributed by atoms with Crippen LogP contribution in [0.1, 0.15) is 40.7 Å². The number of anilines is 1. The maximum atomic E-state index is 13.3. The number of carbonyl (C=O) groups excluding carboxylic acids is 1. The van der Waals surface area contributed by atoms with Crippen molar-refractivity contribution in [1.29, 1.82) is 0 Å². The maximum absolute atomic E-state index is 13.3. The summed E-state index contributed by atoms with van der Waals surface area (Å²) in [5.74, 6) is 0.173. The van der Waals surface area contributed by atoms with Crippen LogP contribution in [0.2, 0.25) is 0 Å². The van der Waals surface area contributed by atoms with Crippen LogP contribution in [0.4, 0.5) is 5.95 Å². The fraction of sp³-hybridized carbons (Fsp3) is 0.296. The van der Waals surface area contributed by atoms with Crippen LogP contribution < -0.4 is 5.73 Å². The molecule has 2 aromatic carbocycles. The largest absolute Gasteiger partial charge is 0.368 e. The SMILES string of the molecule is Nc1ncc(-c2ccc(C3(c4c[nH]c5c(C(=O)N6CCS(=O)(=O)CC6)cccc45)CCC3)cc2)cn1. The lowest BCUT2D eigenvalue weighted by Gasteiger charge is -2.43. The Hall–Kier alpha value is -3.72. The van der Waals surface area contributed by atoms with Gasteiger partial charge in [0.15, 0.2) is 9.84 Å². The summed E-state index contributed by atoms with van der Waals surface area (Å²) in [4.78, 5) is 26.5. The Balaban J connectivity index is 1.34. The number of sulfone groups is 1. The summed E-state index contributed by atoms with van der Waals surface area (Å²) in [6.45, 7) is 0.473. The normalized spacial score (nSPS) is 18.6. The van der Waals surface area contributed by atoms with Crippen molar-refractivity contribution in [2.45, 2.75) is 24.7 Å². The van der Waals surface area contributed by atoms with E-state index >= 15 is 0 Å². The number of benzene rings is 2. The van der Waals surface area contributed by atoms with E-state index in [2.05, 4.69) is 45.3 Å². The third-order valence-electron chi connectivity index (χ3n) is 7.74. The lowest BCUT2D eigenvalue weighted by molar-refractivity contribution is 0.0772. The van der Waals surface area contributed by atoms with Crippen LogP contribution in [0.25, 0.3) is 22.0 Å². The van der Waals surface area contributed by atoms with Gasteiger partial charge in [0.2, 0.25) is 5.95 Å². The predicted molar refractivity (Wildman–Crippen MR) is 139 cm³/mol. The Bertz CT molecular complexity index is 1540. The molecule has 3 heterocycles. The summed E-state index contributed by atoms with van der Waals surface area (Å²) in [6, 6.07) is 14.4. The molecule has 0 atom stereocenters. The lowest BCUT2D eigenvalue weighted by Crippen LogP contribution is -2.43. The van der Waals surface area contributed by atoms with Gasteiger partial charge in [-0.2, -0.15) is 0 Å². The molecule has 0 radical (unpaired) electrons. The molecule has 9 heteroatoms. The molecule has 2 aromatic heterocycles. The van der Waals surface area contributed by atoms with Gasteiger partial charge >= 0.3 is 0 Å². The van der Waals surface area contributed by atoms with E-state index in [9.17, 15) is 13.2 Å². The fourth-order valence-corrected chi connectivity index (χ4v) is 6.73. The molecule has 6 rings (SSSR count). The molecule has 0 bridgehead atoms. The van der Waals surface area contributed by atoms with Crippen LogP contribution in [-0.2, 0) is 15.3 Å². The zero-order valence-electron chi connectivity index (χ0n) is 19.8. The molecule has 1 aliphatic carbocycles. The third-order valence-corrected chi connectivity index (χ3v) is 9.35. The van der Waals surface area contributed by atoms with Crippen LogP contribution in [0.5, 0.6) is 0 Å². The highest BCUT2D eigenvalue weighted by Crippen LogP contribution is 2.51. The second-order valence-corrected chi connectivity index (χ2v) is 12.0. The van der Waals surface area contributed by atoms with Crippen LogP contribution in [0.3, 0.4) is 0 Å². The molecule has 184 valence electrons. The van der Waals surface area contributed by atoms with Crippen LogP contribution >= 0.6 is 0 Å². The van der Waals surface area contributed by atoms with Gasteiger partial charge in [-0.25, -0.2) is 18.4 Å². The summed E-state index contributed by atoms with van der Waals surface area (Å²) >= 11 is 0. The number of rotatable bonds is 4. The van der Waals surface area contributed by atoms with Crippen molar-refractivity contribution >= 4 is 32.6 Å². The number of nitrogen functional groups attached to an aromatic ring is 1. The highest BCUT2D eigenvalue weighted by Gasteiger charge is 2.42. The summed E-state index contributed by atoms with van der Waals surface area (Å²) in [5.41, 5.74) is 11.3. The fourth-order valence-electron chi connectivity index (χ4n) is 5.53. The van der Waals surface area contributed by atoms with Crippen molar-refractivity contribution in [2.75, 3.05) is 30.3 Å². The molecule has 3 N–H and O–H groups in total. The number of aromatic nitrogens is 3. The predicted octanol–water partition coefficient (Wildman–Crippen LogP) is 3.55. The Morgan fingerprint density at radius 2 is 1.67 bits per heavy atom. The van der Waals surface area contributed by atoms with Crippen molar-refractivity contribution in [1.82, 2.24) is 19.9 Å². The highest BCUT2D eigenvalue weighted by molar-refractivity contribution is 7.91. The number of amides is 1. The van der Waals surface area contributed by atoms with Crippen molar-refractivity contribution < 1.29 is 13.2 Å². The topological polar surface area (TPSA) is 122 Å². The van der Waals surface area contributed by atoms with E-state index in [1.165, 1.54) is 11.1 Å². The number of H-pyrrole nitrogens is 1. The van der Waals surface area contributed by atoms with Crippen molar-refractivity contribution in [3.8, 4) is 11.1 Å². The maximum Gasteiger partial charge on any atom is 0.256 e. The van der Waals surface area contributed by atoms with E-state index in [0.29, 0.717) is 5.56 Å². The van der Waals surface area contributed by atoms with Gasteiger partial charge in [-0.3, -0.25) is 4.79 Å². The summed E-state index contributed by atoms with van der Waals surface area (Å²) in [7, 11) is -3.05. The zero-order valence-corrected chi connectivity index (χ0v) is 20.6. The third kappa shape index (κ3) is 3.74. The van der Waals surface area contributed by atoms with Gasteiger partial charge in [-0.15, -0.1) is 0 Å². The first-order valence-electron chi connectivity index (χ1n) is 12.2. The number of fused-ring (bicyclic) bond motifs is 1. The molecule has 1 saturated carbocycles. The molecule has 1 saturated heterocycles. The Morgan fingerprint density at radius 3 is 2.31 bits per heavy atom. The number of para-hydroxylation sites is 1. The average Bonchev–Trinajstić information content (AvgIpc) is 3.28. The molecule has 0 unspecified atom stereocenters. The van der Waals surface area contributed by atoms with Gasteiger partial charge in [0.1, 0.15) is 0 Å². The first-order chi connectivity index (χ1) is 17.4. The van der Waals surface area contributed by atoms with Crippen LogP contribution in [-0.4, -0.2) is 58.8 Å². The summed E-state index contributed by atoms with van der Waals surface area (Å²) in [6.07, 6.45) is 8.71. The second kappa shape index (κ2) is 8.44. The first kappa shape index (κ1) is 22.7. The van der Waals surface area contributed by atoms with E-state index in [1.54, 1.807) is 17.3 Å². The Kier molecular flexibility index (Phi) is 5.33. The molecule has 4 aromatic rings. The van der Waals surface area contributed by atoms with Crippen molar-refractivity contribution in [2.24, 2.45) is 0 Å². The minimum absolute atomic E-state index is 0.0201. The number of hydrogen-bond acceptors (Lipinski definition) is 6. The van der Waals surface area contributed by atoms with E-state index < -0.39 is 9.84 Å². The minimum atomic E-state index is -3.05. The van der Waals surface area contributed by atoms with Gasteiger partial charge in [0.05, 0.1) is 22.6 Å². The molecule has 0 spiro atoms. The zero-order chi connectivity index (χ0) is 24.9. The van der Waals surface area contributed by atoms with Gasteiger partial charge in [0.25, 0.3) is 5.91 Å². The second-order valence-electron chi connectivity index (χ2n) is 9.72. The number of nitrogens with zero attached hydrogens (tertiary/aromatic N) is 3. The lowest BCUT2D eigenvalue weighted by atomic mass is 9.60. The number of nitrogens with two attached hydrogens (primary N) is 1. The standard InChI is InChI=1S/C27H27N5O3S/c28-26-30-15-19(16-31-26)18-5-7-20(8-6-18)27(9-2-10-27)23-17-29-24-21(23)3-1-4-22(24)25(33)32-11-13-36(34,35)14-12-32/h1,3-8,15-17,29H,2,9-14H2,(H2,28,30,31). The van der Waals surface area contributed by atoms with Gasteiger partial charge < -0.3 is 15.6 Å². The molecule has 1 amide bonds. The smallest absolute Gasteiger partial charge is 0.256 e. The van der Waals surface area contributed by atoms with Gasteiger partial charge in [0, 0.05) is 48.0 Å². The van der Waals surface area contributed by atoms with Gasteiger partial charge in [-0.05, 0) is 35.6 Å². The minimum Gasteiger partial charge on any atom is -0.368 e. The Labute approximate surface area is 209 Å². The molecular formula is C27H27N5O3S. The summed E-state index contributed by atoms with van der Waals surface area (Å²) in [5, 5.41) is 1.04. The number of hydrogen-bond donors (Lipinski definition) is 2. The number of nitrogens with one attached hydrogen (secondary N) is 1. The van der Waals surface area contributed by atoms with E-state index in [1.807, 2.05) is 18.3 Å². The van der Waals surface area contributed by atoms with E-state index in [4.69, 9.17) is 5.73 Å². The van der Waals surface area contributed by atoms with Gasteiger partial charge in [-0.1, -0.05) is 42.8 Å². The molecule has 1 aliphatic heterocycles. The van der Waals surface area contributed by atoms with Crippen molar-refractivity contribution in [3.05, 3.63) is 77.7 Å². The van der Waals surface area contributed by atoms with Crippen LogP contribution in [0, 0.1) is 0 Å². The number of carbonyl (C=O) groups is 1. The van der Waals surface area contributed by atoms with E-state index in [-0.39, 0.29) is 41.9 Å². The summed E-state index contributed by atoms with van der Waals surface area (Å²) < 4.78 is 23.6. The quantitative estimate of drug-likeness (QED) is 0.441.